The largest absolute Gasteiger partial charge is 0.365 e. The molecule has 0 amide bonds. The lowest BCUT2D eigenvalue weighted by Gasteiger charge is -2.26. The molecular weight excluding hydrogens is 238 g/mol. The molecule has 0 aliphatic heterocycles. The Morgan fingerprint density at radius 3 is 2.68 bits per heavy atom. The molecule has 1 heterocycles. The smallest absolute Gasteiger partial charge is 0.293 e. The number of aromatic nitrogens is 2. The lowest BCUT2D eigenvalue weighted by molar-refractivity contribution is 0.300. The average Bonchev–Trinajstić information content (AvgIpc) is 2.39. The van der Waals surface area contributed by atoms with Gasteiger partial charge in [-0.25, -0.2) is 4.98 Å². The quantitative estimate of drug-likeness (QED) is 0.908. The van der Waals surface area contributed by atoms with Gasteiger partial charge in [0.15, 0.2) is 5.82 Å². The average molecular weight is 263 g/mol. The predicted octanol–water partition coefficient (Wildman–Crippen LogP) is 3.06. The molecule has 1 aliphatic carbocycles. The minimum Gasteiger partial charge on any atom is -0.365 e. The highest BCUT2D eigenvalue weighted by molar-refractivity contribution is 5.30. The summed E-state index contributed by atoms with van der Waals surface area (Å²) >= 11 is 0. The topological polar surface area (TPSA) is 46.9 Å². The molecule has 0 bridgehead atoms. The van der Waals surface area contributed by atoms with Crippen LogP contribution in [-0.2, 0) is 0 Å². The molecule has 4 heteroatoms. The fraction of sp³-hybridized carbons (Fsp3) is 0.733. The molecule has 1 aromatic rings. The highest BCUT2D eigenvalue weighted by Gasteiger charge is 2.18. The molecule has 0 spiro atoms. The van der Waals surface area contributed by atoms with Crippen LogP contribution in [0.5, 0.6) is 0 Å². The summed E-state index contributed by atoms with van der Waals surface area (Å²) in [5, 5.41) is 3.25. The zero-order valence-corrected chi connectivity index (χ0v) is 12.2. The molecule has 1 aromatic heterocycles. The molecule has 106 valence electrons. The van der Waals surface area contributed by atoms with Crippen molar-refractivity contribution in [1.82, 2.24) is 9.55 Å². The Hall–Kier alpha value is -1.32. The van der Waals surface area contributed by atoms with Crippen LogP contribution in [0, 0.1) is 11.8 Å². The second-order valence-corrected chi connectivity index (χ2v) is 6.09. The number of hydrogen-bond donors (Lipinski definition) is 1. The maximum Gasteiger partial charge on any atom is 0.293 e. The lowest BCUT2D eigenvalue weighted by atomic mass is 9.83. The second kappa shape index (κ2) is 6.22. The zero-order chi connectivity index (χ0) is 13.8. The summed E-state index contributed by atoms with van der Waals surface area (Å²) in [6.07, 6.45) is 8.60. The van der Waals surface area contributed by atoms with Crippen LogP contribution in [-0.4, -0.2) is 16.1 Å². The summed E-state index contributed by atoms with van der Waals surface area (Å²) in [4.78, 5) is 16.3. The first kappa shape index (κ1) is 14.1. The highest BCUT2D eigenvalue weighted by atomic mass is 16.1. The van der Waals surface area contributed by atoms with E-state index in [1.807, 2.05) is 13.8 Å². The van der Waals surface area contributed by atoms with Crippen molar-refractivity contribution in [3.05, 3.63) is 22.7 Å². The van der Waals surface area contributed by atoms with E-state index in [1.165, 1.54) is 25.7 Å². The minimum absolute atomic E-state index is 0.0123. The van der Waals surface area contributed by atoms with Gasteiger partial charge in [-0.1, -0.05) is 19.8 Å². The van der Waals surface area contributed by atoms with Crippen molar-refractivity contribution in [3.8, 4) is 0 Å². The van der Waals surface area contributed by atoms with Crippen molar-refractivity contribution in [1.29, 1.82) is 0 Å². The number of hydrogen-bond acceptors (Lipinski definition) is 3. The van der Waals surface area contributed by atoms with Crippen LogP contribution in [0.3, 0.4) is 0 Å². The summed E-state index contributed by atoms with van der Waals surface area (Å²) in [5.74, 6) is 2.05. The Balaban J connectivity index is 1.96. The first-order valence-electron chi connectivity index (χ1n) is 7.39. The Morgan fingerprint density at radius 2 is 2.05 bits per heavy atom. The molecule has 0 aromatic carbocycles. The highest BCUT2D eigenvalue weighted by Crippen LogP contribution is 2.28. The molecule has 0 radical (unpaired) electrons. The van der Waals surface area contributed by atoms with E-state index < -0.39 is 0 Å². The van der Waals surface area contributed by atoms with Crippen molar-refractivity contribution in [2.45, 2.75) is 52.5 Å². The third-order valence-corrected chi connectivity index (χ3v) is 4.12. The normalized spacial score (nSPS) is 23.6. The third-order valence-electron chi connectivity index (χ3n) is 4.12. The van der Waals surface area contributed by atoms with Crippen LogP contribution in [0.4, 0.5) is 5.82 Å². The van der Waals surface area contributed by atoms with E-state index in [-0.39, 0.29) is 11.6 Å². The van der Waals surface area contributed by atoms with Gasteiger partial charge >= 0.3 is 0 Å². The van der Waals surface area contributed by atoms with Gasteiger partial charge in [0, 0.05) is 25.0 Å². The summed E-state index contributed by atoms with van der Waals surface area (Å²) < 4.78 is 1.72. The van der Waals surface area contributed by atoms with Crippen molar-refractivity contribution in [2.24, 2.45) is 11.8 Å². The van der Waals surface area contributed by atoms with Crippen LogP contribution in [0.2, 0.25) is 0 Å². The SMILES string of the molecule is CC1CCC(CNc2nccn(C(C)C)c2=O)CC1. The Labute approximate surface area is 115 Å². The fourth-order valence-electron chi connectivity index (χ4n) is 2.73. The molecule has 1 aliphatic rings. The van der Waals surface area contributed by atoms with Gasteiger partial charge in [-0.05, 0) is 38.5 Å². The maximum absolute atomic E-state index is 12.2. The van der Waals surface area contributed by atoms with E-state index in [0.717, 1.165) is 12.5 Å². The van der Waals surface area contributed by atoms with Crippen molar-refractivity contribution in [2.75, 3.05) is 11.9 Å². The lowest BCUT2D eigenvalue weighted by Crippen LogP contribution is -2.28. The molecule has 19 heavy (non-hydrogen) atoms. The van der Waals surface area contributed by atoms with Gasteiger partial charge in [-0.3, -0.25) is 4.79 Å². The fourth-order valence-corrected chi connectivity index (χ4v) is 2.73. The summed E-state index contributed by atoms with van der Waals surface area (Å²) in [5.41, 5.74) is -0.0123. The van der Waals surface area contributed by atoms with Crippen LogP contribution in [0.1, 0.15) is 52.5 Å². The molecule has 2 rings (SSSR count). The van der Waals surface area contributed by atoms with Crippen LogP contribution >= 0.6 is 0 Å². The Kier molecular flexibility index (Phi) is 4.61. The second-order valence-electron chi connectivity index (χ2n) is 6.09. The van der Waals surface area contributed by atoms with Crippen LogP contribution in [0.25, 0.3) is 0 Å². The van der Waals surface area contributed by atoms with Gasteiger partial charge in [0.1, 0.15) is 0 Å². The number of rotatable bonds is 4. The first-order valence-corrected chi connectivity index (χ1v) is 7.39. The number of anilines is 1. The van der Waals surface area contributed by atoms with Gasteiger partial charge in [0.05, 0.1) is 0 Å². The van der Waals surface area contributed by atoms with Gasteiger partial charge in [-0.15, -0.1) is 0 Å². The van der Waals surface area contributed by atoms with E-state index >= 15 is 0 Å². The molecule has 1 fully saturated rings. The summed E-state index contributed by atoms with van der Waals surface area (Å²) in [7, 11) is 0. The van der Waals surface area contributed by atoms with E-state index in [9.17, 15) is 4.79 Å². The van der Waals surface area contributed by atoms with Crippen molar-refractivity contribution < 1.29 is 0 Å². The summed E-state index contributed by atoms with van der Waals surface area (Å²) in [6, 6.07) is 0.173. The Morgan fingerprint density at radius 1 is 1.37 bits per heavy atom. The molecule has 0 saturated heterocycles. The van der Waals surface area contributed by atoms with E-state index in [2.05, 4.69) is 17.2 Å². The van der Waals surface area contributed by atoms with E-state index in [0.29, 0.717) is 11.7 Å². The van der Waals surface area contributed by atoms with Gasteiger partial charge < -0.3 is 9.88 Å². The number of nitrogens with zero attached hydrogens (tertiary/aromatic N) is 2. The predicted molar refractivity (Wildman–Crippen MR) is 78.5 cm³/mol. The maximum atomic E-state index is 12.2. The van der Waals surface area contributed by atoms with Gasteiger partial charge in [0.25, 0.3) is 5.56 Å². The van der Waals surface area contributed by atoms with Gasteiger partial charge in [0.2, 0.25) is 0 Å². The van der Waals surface area contributed by atoms with Crippen molar-refractivity contribution >= 4 is 5.82 Å². The zero-order valence-electron chi connectivity index (χ0n) is 12.2. The van der Waals surface area contributed by atoms with Crippen LogP contribution < -0.4 is 10.9 Å². The van der Waals surface area contributed by atoms with Crippen molar-refractivity contribution in [3.63, 3.8) is 0 Å². The molecular formula is C15H25N3O. The van der Waals surface area contributed by atoms with E-state index in [1.54, 1.807) is 17.0 Å². The molecule has 1 N–H and O–H groups in total. The molecule has 0 unspecified atom stereocenters. The molecule has 1 saturated carbocycles. The molecule has 4 nitrogen and oxygen atoms in total. The molecule has 0 atom stereocenters. The van der Waals surface area contributed by atoms with Gasteiger partial charge in [-0.2, -0.15) is 0 Å². The summed E-state index contributed by atoms with van der Waals surface area (Å²) in [6.45, 7) is 7.21. The first-order chi connectivity index (χ1) is 9.08. The number of nitrogens with one attached hydrogen (secondary N) is 1. The van der Waals surface area contributed by atoms with Crippen LogP contribution in [0.15, 0.2) is 17.2 Å². The monoisotopic (exact) mass is 263 g/mol. The standard InChI is InChI=1S/C15H25N3O/c1-11(2)18-9-8-16-14(15(18)19)17-10-13-6-4-12(3)5-7-13/h8-9,11-13H,4-7,10H2,1-3H3,(H,16,17). The third kappa shape index (κ3) is 3.58. The van der Waals surface area contributed by atoms with E-state index in [4.69, 9.17) is 0 Å². The Bertz CT molecular complexity index is 459. The minimum atomic E-state index is -0.0123.